The van der Waals surface area contributed by atoms with Crippen LogP contribution in [0.4, 0.5) is 0 Å². The number of halogens is 3. The van der Waals surface area contributed by atoms with Gasteiger partial charge in [-0.1, -0.05) is 49.5 Å². The van der Waals surface area contributed by atoms with Gasteiger partial charge in [0.05, 0.1) is 0 Å². The first-order valence-electron chi connectivity index (χ1n) is 5.65. The van der Waals surface area contributed by atoms with Crippen molar-refractivity contribution in [3.8, 4) is 5.75 Å². The van der Waals surface area contributed by atoms with Crippen LogP contribution in [0.2, 0.25) is 5.02 Å². The van der Waals surface area contributed by atoms with Crippen LogP contribution in [-0.2, 0) is 13.2 Å². The van der Waals surface area contributed by atoms with Crippen molar-refractivity contribution in [2.24, 2.45) is 5.73 Å². The van der Waals surface area contributed by atoms with Gasteiger partial charge in [-0.3, -0.25) is 0 Å². The van der Waals surface area contributed by atoms with E-state index in [2.05, 4.69) is 31.9 Å². The Morgan fingerprint density at radius 3 is 2.53 bits per heavy atom. The van der Waals surface area contributed by atoms with Crippen molar-refractivity contribution in [1.82, 2.24) is 0 Å². The Kier molecular flexibility index (Phi) is 5.28. The molecule has 0 radical (unpaired) electrons. The summed E-state index contributed by atoms with van der Waals surface area (Å²) < 4.78 is 7.68. The topological polar surface area (TPSA) is 35.2 Å². The molecule has 0 unspecified atom stereocenters. The third-order valence-corrected chi connectivity index (χ3v) is 4.27. The maximum atomic E-state index is 6.14. The van der Waals surface area contributed by atoms with Crippen LogP contribution in [0.15, 0.2) is 45.3 Å². The predicted molar refractivity (Wildman–Crippen MR) is 85.5 cm³/mol. The first-order valence-corrected chi connectivity index (χ1v) is 7.62. The lowest BCUT2D eigenvalue weighted by molar-refractivity contribution is 0.306. The van der Waals surface area contributed by atoms with Crippen molar-refractivity contribution in [3.05, 3.63) is 61.5 Å². The molecule has 0 aromatic heterocycles. The average Bonchev–Trinajstić information content (AvgIpc) is 2.39. The largest absolute Gasteiger partial charge is 0.489 e. The van der Waals surface area contributed by atoms with Gasteiger partial charge in [0.1, 0.15) is 12.4 Å². The summed E-state index contributed by atoms with van der Waals surface area (Å²) in [5.41, 5.74) is 7.62. The summed E-state index contributed by atoms with van der Waals surface area (Å²) >= 11 is 13.0. The molecule has 0 bridgehead atoms. The number of benzene rings is 2. The Bertz CT molecular complexity index is 590. The van der Waals surface area contributed by atoms with Crippen LogP contribution in [-0.4, -0.2) is 0 Å². The quantitative estimate of drug-likeness (QED) is 0.785. The minimum absolute atomic E-state index is 0.428. The third-order valence-electron chi connectivity index (χ3n) is 2.65. The van der Waals surface area contributed by atoms with Crippen LogP contribution in [0.25, 0.3) is 0 Å². The summed E-state index contributed by atoms with van der Waals surface area (Å²) in [5, 5.41) is 0.686. The van der Waals surface area contributed by atoms with Crippen LogP contribution in [0, 0.1) is 0 Å². The molecule has 0 heterocycles. The minimum atomic E-state index is 0.428. The lowest BCUT2D eigenvalue weighted by atomic mass is 10.2. The summed E-state index contributed by atoms with van der Waals surface area (Å²) in [7, 11) is 0. The number of hydrogen-bond donors (Lipinski definition) is 1. The summed E-state index contributed by atoms with van der Waals surface area (Å²) in [6, 6.07) is 11.5. The molecule has 2 aromatic carbocycles. The van der Waals surface area contributed by atoms with E-state index >= 15 is 0 Å². The van der Waals surface area contributed by atoms with Crippen molar-refractivity contribution >= 4 is 43.5 Å². The highest BCUT2D eigenvalue weighted by Gasteiger charge is 2.04. The first-order chi connectivity index (χ1) is 9.10. The Hall–Kier alpha value is -0.550. The summed E-state index contributed by atoms with van der Waals surface area (Å²) in [5.74, 6) is 0.780. The molecule has 0 atom stereocenters. The second-order valence-electron chi connectivity index (χ2n) is 3.98. The van der Waals surface area contributed by atoms with Crippen LogP contribution < -0.4 is 10.5 Å². The molecule has 0 aliphatic carbocycles. The summed E-state index contributed by atoms with van der Waals surface area (Å²) in [6.07, 6.45) is 0. The zero-order chi connectivity index (χ0) is 13.8. The first kappa shape index (κ1) is 14.9. The molecule has 5 heteroatoms. The Morgan fingerprint density at radius 1 is 1.05 bits per heavy atom. The minimum Gasteiger partial charge on any atom is -0.489 e. The van der Waals surface area contributed by atoms with Gasteiger partial charge in [0, 0.05) is 26.1 Å². The molecule has 19 heavy (non-hydrogen) atoms. The van der Waals surface area contributed by atoms with Gasteiger partial charge in [0.2, 0.25) is 0 Å². The van der Waals surface area contributed by atoms with E-state index < -0.39 is 0 Å². The van der Waals surface area contributed by atoms with Crippen LogP contribution in [0.5, 0.6) is 5.75 Å². The van der Waals surface area contributed by atoms with E-state index in [9.17, 15) is 0 Å². The maximum absolute atomic E-state index is 6.14. The van der Waals surface area contributed by atoms with Crippen LogP contribution >= 0.6 is 43.5 Å². The van der Waals surface area contributed by atoms with Gasteiger partial charge >= 0.3 is 0 Å². The predicted octanol–water partition coefficient (Wildman–Crippen LogP) is 4.90. The molecular weight excluding hydrogens is 393 g/mol. The molecule has 0 aliphatic heterocycles. The fraction of sp³-hybridized carbons (Fsp3) is 0.143. The highest BCUT2D eigenvalue weighted by atomic mass is 79.9. The zero-order valence-electron chi connectivity index (χ0n) is 10.00. The number of rotatable bonds is 4. The van der Waals surface area contributed by atoms with Gasteiger partial charge in [-0.05, 0) is 35.9 Å². The molecule has 0 aliphatic rings. The zero-order valence-corrected chi connectivity index (χ0v) is 13.9. The van der Waals surface area contributed by atoms with Crippen molar-refractivity contribution < 1.29 is 4.74 Å². The monoisotopic (exact) mass is 403 g/mol. The van der Waals surface area contributed by atoms with E-state index in [1.165, 1.54) is 0 Å². The smallest absolute Gasteiger partial charge is 0.120 e. The van der Waals surface area contributed by atoms with Gasteiger partial charge in [-0.15, -0.1) is 0 Å². The van der Waals surface area contributed by atoms with E-state index in [-0.39, 0.29) is 0 Å². The molecular formula is C14H12Br2ClNO. The Balaban J connectivity index is 2.10. The Morgan fingerprint density at radius 2 is 1.84 bits per heavy atom. The molecule has 2 rings (SSSR count). The number of hydrogen-bond acceptors (Lipinski definition) is 2. The van der Waals surface area contributed by atoms with Gasteiger partial charge in [-0.25, -0.2) is 0 Å². The third kappa shape index (κ3) is 3.96. The SMILES string of the molecule is NCc1cc(OCc2ccc(Br)cc2Cl)ccc1Br. The maximum Gasteiger partial charge on any atom is 0.120 e. The average molecular weight is 406 g/mol. The molecule has 2 N–H and O–H groups in total. The molecule has 2 aromatic rings. The number of nitrogens with two attached hydrogens (primary N) is 1. The van der Waals surface area contributed by atoms with Gasteiger partial charge in [0.25, 0.3) is 0 Å². The number of ether oxygens (including phenoxy) is 1. The van der Waals surface area contributed by atoms with Crippen molar-refractivity contribution in [1.29, 1.82) is 0 Å². The van der Waals surface area contributed by atoms with Crippen molar-refractivity contribution in [2.75, 3.05) is 0 Å². The van der Waals surface area contributed by atoms with E-state index in [1.54, 1.807) is 0 Å². The molecule has 100 valence electrons. The van der Waals surface area contributed by atoms with E-state index in [0.29, 0.717) is 18.2 Å². The normalized spacial score (nSPS) is 10.5. The molecule has 2 nitrogen and oxygen atoms in total. The van der Waals surface area contributed by atoms with Gasteiger partial charge < -0.3 is 10.5 Å². The van der Waals surface area contributed by atoms with Crippen LogP contribution in [0.3, 0.4) is 0 Å². The second kappa shape index (κ2) is 6.75. The lowest BCUT2D eigenvalue weighted by Crippen LogP contribution is -2.00. The fourth-order valence-electron chi connectivity index (χ4n) is 1.60. The molecule has 0 spiro atoms. The molecule has 0 saturated heterocycles. The summed E-state index contributed by atoms with van der Waals surface area (Å²) in [4.78, 5) is 0. The van der Waals surface area contributed by atoms with E-state index in [0.717, 1.165) is 25.8 Å². The lowest BCUT2D eigenvalue weighted by Gasteiger charge is -2.10. The van der Waals surface area contributed by atoms with Crippen molar-refractivity contribution in [2.45, 2.75) is 13.2 Å². The molecule has 0 fully saturated rings. The second-order valence-corrected chi connectivity index (χ2v) is 6.16. The fourth-order valence-corrected chi connectivity index (χ4v) is 2.73. The Labute approximate surface area is 134 Å². The van der Waals surface area contributed by atoms with E-state index in [1.807, 2.05) is 36.4 Å². The van der Waals surface area contributed by atoms with Gasteiger partial charge in [0.15, 0.2) is 0 Å². The van der Waals surface area contributed by atoms with E-state index in [4.69, 9.17) is 22.1 Å². The highest BCUT2D eigenvalue weighted by molar-refractivity contribution is 9.10. The molecule has 0 saturated carbocycles. The van der Waals surface area contributed by atoms with Crippen molar-refractivity contribution in [3.63, 3.8) is 0 Å². The standard InChI is InChI=1S/C14H12Br2ClNO/c15-11-2-1-9(14(17)6-11)8-19-12-3-4-13(16)10(5-12)7-18/h1-6H,7-8,18H2. The molecule has 0 amide bonds. The van der Waals surface area contributed by atoms with Gasteiger partial charge in [-0.2, -0.15) is 0 Å². The summed E-state index contributed by atoms with van der Waals surface area (Å²) in [6.45, 7) is 0.897. The highest BCUT2D eigenvalue weighted by Crippen LogP contribution is 2.25. The van der Waals surface area contributed by atoms with Crippen LogP contribution in [0.1, 0.15) is 11.1 Å².